The van der Waals surface area contributed by atoms with Crippen LogP contribution in [0, 0.1) is 17.7 Å². The Kier molecular flexibility index (Phi) is 29.8. The normalized spacial score (nSPS) is 27.3. The first-order chi connectivity index (χ1) is 52.4. The first kappa shape index (κ1) is 87.0. The van der Waals surface area contributed by atoms with Crippen molar-refractivity contribution in [1.29, 1.82) is 0 Å². The summed E-state index contributed by atoms with van der Waals surface area (Å²) >= 11 is 5.77. The fourth-order valence-corrected chi connectivity index (χ4v) is 11.3. The number of anilines is 5. The highest BCUT2D eigenvalue weighted by Crippen LogP contribution is 2.40. The van der Waals surface area contributed by atoms with Gasteiger partial charge in [-0.1, -0.05) is 19.8 Å². The van der Waals surface area contributed by atoms with Crippen LogP contribution in [0.2, 0.25) is 5.28 Å². The van der Waals surface area contributed by atoms with E-state index in [0.29, 0.717) is 30.2 Å². The van der Waals surface area contributed by atoms with E-state index >= 15 is 0 Å². The number of nitrogens with one attached hydrogen (secondary N) is 3. The number of halogens is 4. The van der Waals surface area contributed by atoms with Gasteiger partial charge >= 0.3 is 42.8 Å². The van der Waals surface area contributed by atoms with Crippen LogP contribution in [0.3, 0.4) is 0 Å². The van der Waals surface area contributed by atoms with Gasteiger partial charge in [0, 0.05) is 25.0 Å². The van der Waals surface area contributed by atoms with Crippen LogP contribution in [0.5, 0.6) is 0 Å². The van der Waals surface area contributed by atoms with Crippen LogP contribution in [-0.2, 0) is 37.5 Å². The molecule has 13 heterocycles. The molecule has 8 aromatic heterocycles. The largest absolute Gasteiger partial charge is 0.469 e. The zero-order valence-corrected chi connectivity index (χ0v) is 59.1. The Morgan fingerprint density at radius 2 is 1.12 bits per heavy atom. The van der Waals surface area contributed by atoms with Gasteiger partial charge in [0.15, 0.2) is 65.0 Å². The molecule has 0 unspecified atom stereocenters. The zero-order valence-electron chi connectivity index (χ0n) is 57.5. The lowest BCUT2D eigenvalue weighted by molar-refractivity contribution is -0.0549. The van der Waals surface area contributed by atoms with Crippen molar-refractivity contribution in [2.24, 2.45) is 0 Å². The van der Waals surface area contributed by atoms with Crippen LogP contribution >= 0.6 is 19.4 Å². The second-order valence-corrected chi connectivity index (χ2v) is 25.7. The van der Waals surface area contributed by atoms with Crippen LogP contribution in [0.1, 0.15) is 70.7 Å². The van der Waals surface area contributed by atoms with E-state index in [2.05, 4.69) is 54.7 Å². The van der Waals surface area contributed by atoms with Gasteiger partial charge in [0.25, 0.3) is 5.56 Å². The number of hydrogen-bond acceptors (Lipinski definition) is 39. The lowest BCUT2D eigenvalue weighted by Crippen LogP contribution is -2.36. The SMILES string of the molecule is CCCCCOC(=O)Nc1nc(=O)n([C@@H]2O[C@H](C)[C@@H](O)[C@H]2O)cc1F.Nc1ccn([C@@H]2O[C@H](CO)[C@@H](O)[C@@H]2O)c(=O)n1.Nc1ccn([C@@H]2O[C@H](CO)[C@@H](O)[C@@H]2O)c(=O)n1.Nc1nc(Cl)nc2c1ncn2[C@H]1C[C@H](O)[C@@H](CO)O1.Nc1nc(F)nc2c1ncn2[C@@H]1O[C@H](COP(=O)(O)O)[C@@H](O)[C@@H]1O.O=c1[nH]cc(F)c(=O)[nH]1. The molecule has 111 heavy (non-hydrogen) atoms. The molecule has 0 aromatic carbocycles. The minimum Gasteiger partial charge on any atom is -0.449 e. The van der Waals surface area contributed by atoms with Crippen LogP contribution in [0.15, 0.2) is 73.5 Å². The smallest absolute Gasteiger partial charge is 0.449 e. The summed E-state index contributed by atoms with van der Waals surface area (Å²) in [5.41, 5.74) is 18.7. The Balaban J connectivity index is 0.000000171. The molecule has 5 fully saturated rings. The molecule has 54 heteroatoms. The number of phosphoric ester groups is 1. The van der Waals surface area contributed by atoms with Crippen molar-refractivity contribution in [1.82, 2.24) is 77.7 Å². The van der Waals surface area contributed by atoms with Crippen molar-refractivity contribution in [3.63, 3.8) is 0 Å². The molecule has 19 atom stereocenters. The van der Waals surface area contributed by atoms with Crippen LogP contribution in [-0.4, -0.2) is 273 Å². The van der Waals surface area contributed by atoms with E-state index in [4.69, 9.17) is 88.1 Å². The number of imidazole rings is 2. The number of aliphatic hydroxyl groups is 12. The number of hydrogen-bond donors (Lipinski definition) is 21. The summed E-state index contributed by atoms with van der Waals surface area (Å²) in [5, 5.41) is 117. The Morgan fingerprint density at radius 3 is 1.60 bits per heavy atom. The molecule has 5 aliphatic rings. The maximum atomic E-state index is 14.1. The van der Waals surface area contributed by atoms with Crippen molar-refractivity contribution in [2.75, 3.05) is 61.3 Å². The molecule has 13 rings (SSSR count). The van der Waals surface area contributed by atoms with Crippen LogP contribution in [0.4, 0.5) is 47.1 Å². The number of nitrogen functional groups attached to an aromatic ring is 4. The number of unbranched alkanes of at least 4 members (excludes halogenated alkanes) is 2. The van der Waals surface area contributed by atoms with E-state index in [1.807, 2.05) is 11.9 Å². The Morgan fingerprint density at radius 1 is 0.622 bits per heavy atom. The monoisotopic (exact) mass is 1630 g/mol. The topological polar surface area (TPSA) is 756 Å². The lowest BCUT2D eigenvalue weighted by Gasteiger charge is -2.17. The first-order valence-electron chi connectivity index (χ1n) is 32.5. The molecule has 1 amide bonds. The Bertz CT molecular complexity index is 4770. The highest BCUT2D eigenvalue weighted by molar-refractivity contribution is 7.46. The highest BCUT2D eigenvalue weighted by atomic mass is 35.5. The van der Waals surface area contributed by atoms with Crippen molar-refractivity contribution in [2.45, 2.75) is 156 Å². The molecule has 25 N–H and O–H groups in total. The van der Waals surface area contributed by atoms with E-state index in [1.54, 1.807) is 9.55 Å². The van der Waals surface area contributed by atoms with Gasteiger partial charge in [-0.25, -0.2) is 42.9 Å². The summed E-state index contributed by atoms with van der Waals surface area (Å²) in [7, 11) is -4.78. The molecule has 0 aliphatic carbocycles. The van der Waals surface area contributed by atoms with E-state index in [-0.39, 0.29) is 52.9 Å². The third-order valence-electron chi connectivity index (χ3n) is 16.5. The number of phosphoric acid groups is 1. The number of nitrogens with zero attached hydrogens (tertiary/aromatic N) is 14. The molecule has 610 valence electrons. The number of aliphatic hydroxyl groups excluding tert-OH is 12. The third-order valence-corrected chi connectivity index (χ3v) is 17.1. The number of carbonyl (C=O) groups excluding carboxylic acids is 1. The summed E-state index contributed by atoms with van der Waals surface area (Å²) in [5.74, 6) is -2.50. The average molecular weight is 1630 g/mol. The molecule has 0 spiro atoms. The second-order valence-electron chi connectivity index (χ2n) is 24.1. The molecule has 49 nitrogen and oxygen atoms in total. The Labute approximate surface area is 621 Å². The van der Waals surface area contributed by atoms with Crippen LogP contribution < -0.4 is 56.6 Å². The molecule has 0 bridgehead atoms. The molecular weight excluding hydrogens is 1550 g/mol. The number of aromatic nitrogens is 16. The van der Waals surface area contributed by atoms with Gasteiger partial charge in [-0.15, -0.1) is 0 Å². The summed E-state index contributed by atoms with van der Waals surface area (Å²) in [6, 6.07) is 2.74. The summed E-state index contributed by atoms with van der Waals surface area (Å²) in [6.45, 7) is 1.86. The van der Waals surface area contributed by atoms with Gasteiger partial charge in [-0.2, -0.15) is 43.7 Å². The highest BCUT2D eigenvalue weighted by Gasteiger charge is 2.48. The average Bonchev–Trinajstić information content (AvgIpc) is 1.47. The molecule has 0 saturated carbocycles. The van der Waals surface area contributed by atoms with Crippen molar-refractivity contribution in [3.8, 4) is 0 Å². The summed E-state index contributed by atoms with van der Waals surface area (Å²) in [4.78, 5) is 121. The number of fused-ring (bicyclic) bond motifs is 2. The molecule has 8 aromatic rings. The second kappa shape index (κ2) is 38.1. The molecule has 5 saturated heterocycles. The maximum Gasteiger partial charge on any atom is 0.469 e. The van der Waals surface area contributed by atoms with Gasteiger partial charge in [-0.3, -0.25) is 42.5 Å². The molecule has 5 aliphatic heterocycles. The number of rotatable bonds is 16. The maximum absolute atomic E-state index is 14.1. The first-order valence-corrected chi connectivity index (χ1v) is 34.4. The minimum atomic E-state index is -4.78. The van der Waals surface area contributed by atoms with Gasteiger partial charge in [0.1, 0.15) is 96.6 Å². The van der Waals surface area contributed by atoms with E-state index < -0.39 is 202 Å². The van der Waals surface area contributed by atoms with Crippen molar-refractivity contribution >= 4 is 76.9 Å². The molecule has 0 radical (unpaired) electrons. The number of H-pyrrole nitrogens is 2. The minimum absolute atomic E-state index is 0.0176. The quantitative estimate of drug-likeness (QED) is 0.0243. The number of carbonyl (C=O) groups is 1. The number of nitrogens with two attached hydrogens (primary N) is 4. The standard InChI is InChI=1S/C15H22FN3O6.C10H12ClN5O3.C10H13FN5O7P.2C9H13N3O5.C4H3FN2O2/c1-3-4-5-6-24-15(23)18-12-9(16)7-19(14(22)17-12)13-11(21)10(20)8(2)25-13;11-10-14-8(12)7-9(15-10)16(3-13-7)6-1-4(18)5(2-17)19-6;11-10-14-7(12)4-8(15-10)16(2-13-4)9-6(18)5(17)3(23-9)1-22-24(19,20)21;2*10-5-1-2-12(9(16)11-5)8-7(15)6(14)4(3-13)17-8;5-2-1-6-4(9)7-3(2)8/h7-8,10-11,13,20-21H,3-6H2,1-2H3,(H,17,18,22,23);3-6,17-18H,1-2H2,(H2,12,14,15);2-3,5-6,9,17-18H,1H2,(H2,12,14,15)(H2,19,20,21);2*1-2,4,6-8,13-15H,3H2,(H2,10,11,16);1H,(H2,6,7,8,9)/t8-,10-,11-,13-;4-,5+,6+;3-,5-,6+,9-;2*4-,6-,7+,8-;/m10111./s1. The summed E-state index contributed by atoms with van der Waals surface area (Å²) in [6.07, 6.45) is -13.5. The fraction of sp³-hybridized carbons (Fsp3) is 0.526. The molecular formula is C57H76ClF3N21O28P. The fourth-order valence-electron chi connectivity index (χ4n) is 10.8. The van der Waals surface area contributed by atoms with Gasteiger partial charge in [0.05, 0.1) is 64.1 Å². The predicted octanol–water partition coefficient (Wildman–Crippen LogP) is -7.18. The van der Waals surface area contributed by atoms with Crippen molar-refractivity contribution in [3.05, 3.63) is 125 Å². The van der Waals surface area contributed by atoms with Gasteiger partial charge in [-0.05, 0) is 37.1 Å². The number of aromatic amines is 2. The number of ether oxygens (including phenoxy) is 6. The zero-order chi connectivity index (χ0) is 81.8. The summed E-state index contributed by atoms with van der Waals surface area (Å²) < 4.78 is 91.3. The Hall–Kier alpha value is -9.60. The van der Waals surface area contributed by atoms with Gasteiger partial charge in [0.2, 0.25) is 11.1 Å². The van der Waals surface area contributed by atoms with E-state index in [1.165, 1.54) is 37.8 Å². The van der Waals surface area contributed by atoms with Gasteiger partial charge < -0.3 is 127 Å². The third kappa shape index (κ3) is 21.3. The van der Waals surface area contributed by atoms with Crippen LogP contribution in [0.25, 0.3) is 22.3 Å². The predicted molar refractivity (Wildman–Crippen MR) is 364 cm³/mol. The van der Waals surface area contributed by atoms with E-state index in [9.17, 15) is 92.5 Å². The van der Waals surface area contributed by atoms with Crippen molar-refractivity contribution < 1.29 is 127 Å². The van der Waals surface area contributed by atoms with E-state index in [0.717, 1.165) is 43.6 Å². The number of amides is 1. The lowest BCUT2D eigenvalue weighted by atomic mass is 10.1.